The van der Waals surface area contributed by atoms with Gasteiger partial charge in [-0.3, -0.25) is 0 Å². The van der Waals surface area contributed by atoms with Crippen molar-refractivity contribution in [1.82, 2.24) is 15.3 Å². The van der Waals surface area contributed by atoms with Gasteiger partial charge in [0.25, 0.3) is 12.3 Å². The molecule has 2 atom stereocenters. The molecule has 1 aromatic heterocycles. The first-order chi connectivity index (χ1) is 13.8. The first-order valence-electron chi connectivity index (χ1n) is 10.1. The third-order valence-corrected chi connectivity index (χ3v) is 6.37. The average Bonchev–Trinajstić information content (AvgIpc) is 3.00. The smallest absolute Gasteiger partial charge is 0.290 e. The van der Waals surface area contributed by atoms with Crippen molar-refractivity contribution in [3.63, 3.8) is 0 Å². The topological polar surface area (TPSA) is 41.1 Å². The van der Waals surface area contributed by atoms with E-state index < -0.39 is 18.4 Å². The van der Waals surface area contributed by atoms with E-state index in [1.165, 1.54) is 0 Å². The van der Waals surface area contributed by atoms with Crippen LogP contribution in [0, 0.1) is 0 Å². The quantitative estimate of drug-likeness (QED) is 0.775. The van der Waals surface area contributed by atoms with E-state index in [4.69, 9.17) is 0 Å². The normalized spacial score (nSPS) is 25.0. The molecule has 3 heterocycles. The van der Waals surface area contributed by atoms with Gasteiger partial charge in [0.05, 0.1) is 11.7 Å². The fraction of sp³-hybridized carbons (Fsp3) is 0.524. The van der Waals surface area contributed by atoms with Crippen molar-refractivity contribution in [1.29, 1.82) is 0 Å². The Bertz CT molecular complexity index is 962. The van der Waals surface area contributed by atoms with Gasteiger partial charge in [-0.2, -0.15) is 8.78 Å². The van der Waals surface area contributed by atoms with Crippen molar-refractivity contribution in [2.45, 2.75) is 57.0 Å². The number of nitrogens with zero attached hydrogens (tertiary/aromatic N) is 3. The van der Waals surface area contributed by atoms with Crippen LogP contribution in [0.3, 0.4) is 0 Å². The number of hydrogen-bond acceptors (Lipinski definition) is 4. The number of anilines is 1. The van der Waals surface area contributed by atoms with E-state index in [1.807, 2.05) is 17.9 Å². The number of aromatic nitrogens is 2. The summed E-state index contributed by atoms with van der Waals surface area (Å²) in [5, 5.41) is 2.85. The Morgan fingerprint density at radius 3 is 2.72 bits per heavy atom. The summed E-state index contributed by atoms with van der Waals surface area (Å²) in [5.74, 6) is -2.63. The molecule has 1 saturated heterocycles. The van der Waals surface area contributed by atoms with Crippen LogP contribution in [-0.2, 0) is 18.8 Å². The molecule has 0 amide bonds. The van der Waals surface area contributed by atoms with Crippen LogP contribution in [0.5, 0.6) is 0 Å². The third kappa shape index (κ3) is 2.99. The van der Waals surface area contributed by atoms with E-state index in [-0.39, 0.29) is 24.6 Å². The molecule has 2 aromatic rings. The molecule has 1 unspecified atom stereocenters. The standard InChI is InChI=1S/C21H22F4N4/c1-11-6-9-29(11)20-27-16(15-4-7-21(24,25)18(15)28-20)13-2-3-14-12(10-13)5-8-26-17(14)19(22)23/h2-3,10-11,17,19,26H,4-9H2,1H3/t11-,17?/m0/s1. The lowest BCUT2D eigenvalue weighted by Crippen LogP contribution is -2.47. The van der Waals surface area contributed by atoms with E-state index in [1.54, 1.807) is 12.1 Å². The molecular formula is C21H22F4N4. The molecule has 1 fully saturated rings. The number of benzene rings is 1. The number of rotatable bonds is 3. The van der Waals surface area contributed by atoms with Gasteiger partial charge in [-0.05, 0) is 49.9 Å². The van der Waals surface area contributed by atoms with E-state index in [2.05, 4.69) is 15.3 Å². The maximum absolute atomic E-state index is 14.5. The van der Waals surface area contributed by atoms with Gasteiger partial charge in [0.15, 0.2) is 0 Å². The molecule has 2 aliphatic heterocycles. The van der Waals surface area contributed by atoms with Crippen LogP contribution in [0.2, 0.25) is 0 Å². The second-order valence-electron chi connectivity index (χ2n) is 8.16. The Morgan fingerprint density at radius 2 is 2.03 bits per heavy atom. The van der Waals surface area contributed by atoms with E-state index in [9.17, 15) is 17.6 Å². The van der Waals surface area contributed by atoms with Crippen molar-refractivity contribution in [2.75, 3.05) is 18.0 Å². The van der Waals surface area contributed by atoms with Crippen LogP contribution >= 0.6 is 0 Å². The Hall–Kier alpha value is -2.22. The van der Waals surface area contributed by atoms with Crippen molar-refractivity contribution >= 4 is 5.95 Å². The van der Waals surface area contributed by atoms with Crippen LogP contribution in [0.25, 0.3) is 11.3 Å². The average molecular weight is 406 g/mol. The summed E-state index contributed by atoms with van der Waals surface area (Å²) in [7, 11) is 0. The van der Waals surface area contributed by atoms with Gasteiger partial charge < -0.3 is 10.2 Å². The van der Waals surface area contributed by atoms with Crippen molar-refractivity contribution in [3.8, 4) is 11.3 Å². The Morgan fingerprint density at radius 1 is 1.21 bits per heavy atom. The van der Waals surface area contributed by atoms with Crippen LogP contribution in [0.4, 0.5) is 23.5 Å². The number of alkyl halides is 4. The molecule has 29 heavy (non-hydrogen) atoms. The Kier molecular flexibility index (Phi) is 4.31. The Labute approximate surface area is 166 Å². The maximum atomic E-state index is 14.5. The van der Waals surface area contributed by atoms with Crippen molar-refractivity contribution in [3.05, 3.63) is 40.6 Å². The summed E-state index contributed by atoms with van der Waals surface area (Å²) in [6.07, 6.45) is -0.961. The van der Waals surface area contributed by atoms with Crippen LogP contribution in [0.1, 0.15) is 48.2 Å². The minimum absolute atomic E-state index is 0.179. The summed E-state index contributed by atoms with van der Waals surface area (Å²) in [5.41, 5.74) is 2.90. The second-order valence-corrected chi connectivity index (χ2v) is 8.16. The highest BCUT2D eigenvalue weighted by atomic mass is 19.3. The maximum Gasteiger partial charge on any atom is 0.290 e. The molecule has 0 spiro atoms. The molecule has 0 bridgehead atoms. The number of nitrogens with one attached hydrogen (secondary N) is 1. The third-order valence-electron chi connectivity index (χ3n) is 6.37. The molecule has 5 rings (SSSR count). The SMILES string of the molecule is C[C@H]1CCN1c1nc(-c2ccc3c(c2)CCNC3C(F)F)c2c(n1)C(F)(F)CC2. The highest BCUT2D eigenvalue weighted by molar-refractivity contribution is 5.69. The zero-order valence-corrected chi connectivity index (χ0v) is 16.1. The minimum atomic E-state index is -2.96. The van der Waals surface area contributed by atoms with E-state index >= 15 is 0 Å². The number of halogens is 4. The van der Waals surface area contributed by atoms with E-state index in [0.29, 0.717) is 41.3 Å². The van der Waals surface area contributed by atoms with Gasteiger partial charge in [-0.15, -0.1) is 0 Å². The summed E-state index contributed by atoms with van der Waals surface area (Å²) < 4.78 is 55.7. The summed E-state index contributed by atoms with van der Waals surface area (Å²) >= 11 is 0. The van der Waals surface area contributed by atoms with Crippen LogP contribution < -0.4 is 10.2 Å². The molecule has 1 N–H and O–H groups in total. The molecule has 3 aliphatic rings. The lowest BCUT2D eigenvalue weighted by Gasteiger charge is -2.39. The lowest BCUT2D eigenvalue weighted by molar-refractivity contribution is -0.00595. The molecule has 4 nitrogen and oxygen atoms in total. The first kappa shape index (κ1) is 18.8. The first-order valence-corrected chi connectivity index (χ1v) is 10.1. The van der Waals surface area contributed by atoms with Crippen LogP contribution in [-0.4, -0.2) is 35.5 Å². The second kappa shape index (κ2) is 6.65. The zero-order chi connectivity index (χ0) is 20.3. The molecule has 0 radical (unpaired) electrons. The van der Waals surface area contributed by atoms with E-state index in [0.717, 1.165) is 18.5 Å². The van der Waals surface area contributed by atoms with Crippen LogP contribution in [0.15, 0.2) is 18.2 Å². The van der Waals surface area contributed by atoms with Gasteiger partial charge in [0.1, 0.15) is 5.69 Å². The minimum Gasteiger partial charge on any atom is -0.338 e. The van der Waals surface area contributed by atoms with Gasteiger partial charge in [-0.25, -0.2) is 18.7 Å². The predicted octanol–water partition coefficient (Wildman–Crippen LogP) is 4.23. The van der Waals surface area contributed by atoms with Gasteiger partial charge in [0, 0.05) is 30.1 Å². The summed E-state index contributed by atoms with van der Waals surface area (Å²) in [6.45, 7) is 3.23. The summed E-state index contributed by atoms with van der Waals surface area (Å²) in [4.78, 5) is 10.9. The highest BCUT2D eigenvalue weighted by Crippen LogP contribution is 2.45. The fourth-order valence-corrected chi connectivity index (χ4v) is 4.56. The molecule has 0 saturated carbocycles. The summed E-state index contributed by atoms with van der Waals surface area (Å²) in [6, 6.07) is 4.47. The molecular weight excluding hydrogens is 384 g/mol. The van der Waals surface area contributed by atoms with Crippen molar-refractivity contribution < 1.29 is 17.6 Å². The zero-order valence-electron chi connectivity index (χ0n) is 16.1. The van der Waals surface area contributed by atoms with Gasteiger partial charge in [0.2, 0.25) is 5.95 Å². The molecule has 1 aliphatic carbocycles. The highest BCUT2D eigenvalue weighted by Gasteiger charge is 2.44. The number of hydrogen-bond donors (Lipinski definition) is 1. The molecule has 8 heteroatoms. The Balaban J connectivity index is 1.63. The fourth-order valence-electron chi connectivity index (χ4n) is 4.56. The van der Waals surface area contributed by atoms with Gasteiger partial charge >= 0.3 is 0 Å². The van der Waals surface area contributed by atoms with Crippen molar-refractivity contribution in [2.24, 2.45) is 0 Å². The predicted molar refractivity (Wildman–Crippen MR) is 102 cm³/mol. The number of fused-ring (bicyclic) bond motifs is 2. The molecule has 154 valence electrons. The molecule has 1 aromatic carbocycles. The largest absolute Gasteiger partial charge is 0.338 e. The lowest BCUT2D eigenvalue weighted by atomic mass is 9.91. The monoisotopic (exact) mass is 406 g/mol. The van der Waals surface area contributed by atoms with Gasteiger partial charge in [-0.1, -0.05) is 12.1 Å².